The van der Waals surface area contributed by atoms with Crippen LogP contribution in [0.1, 0.15) is 12.5 Å². The van der Waals surface area contributed by atoms with Crippen LogP contribution in [0.15, 0.2) is 36.8 Å². The average molecular weight is 245 g/mol. The van der Waals surface area contributed by atoms with Crippen LogP contribution in [0.3, 0.4) is 0 Å². The summed E-state index contributed by atoms with van der Waals surface area (Å²) in [6.07, 6.45) is 5.27. The molecule has 2 aromatic rings. The van der Waals surface area contributed by atoms with Gasteiger partial charge >= 0.3 is 6.03 Å². The Morgan fingerprint density at radius 3 is 3.00 bits per heavy atom. The van der Waals surface area contributed by atoms with Crippen LogP contribution in [0.4, 0.5) is 10.6 Å². The molecule has 0 saturated carbocycles. The van der Waals surface area contributed by atoms with Gasteiger partial charge in [0.2, 0.25) is 0 Å². The number of pyridine rings is 1. The van der Waals surface area contributed by atoms with E-state index in [-0.39, 0.29) is 6.03 Å². The van der Waals surface area contributed by atoms with E-state index in [0.29, 0.717) is 12.4 Å². The number of aryl methyl sites for hydroxylation is 1. The maximum Gasteiger partial charge on any atom is 0.320 e. The third-order valence-electron chi connectivity index (χ3n) is 2.37. The molecule has 0 saturated heterocycles. The van der Waals surface area contributed by atoms with Gasteiger partial charge in [0.25, 0.3) is 0 Å². The molecule has 0 spiro atoms. The van der Waals surface area contributed by atoms with E-state index in [9.17, 15) is 4.79 Å². The summed E-state index contributed by atoms with van der Waals surface area (Å²) in [5.74, 6) is 0.527. The highest BCUT2D eigenvalue weighted by molar-refractivity contribution is 5.88. The van der Waals surface area contributed by atoms with Crippen molar-refractivity contribution >= 4 is 11.8 Å². The van der Waals surface area contributed by atoms with E-state index in [1.165, 1.54) is 0 Å². The second-order valence-electron chi connectivity index (χ2n) is 3.73. The lowest BCUT2D eigenvalue weighted by molar-refractivity contribution is 0.251. The zero-order chi connectivity index (χ0) is 12.8. The first-order valence-electron chi connectivity index (χ1n) is 5.75. The van der Waals surface area contributed by atoms with Crippen molar-refractivity contribution in [1.29, 1.82) is 0 Å². The second-order valence-corrected chi connectivity index (χ2v) is 3.73. The molecule has 94 valence electrons. The Balaban J connectivity index is 1.81. The summed E-state index contributed by atoms with van der Waals surface area (Å²) in [5.41, 5.74) is 0.966. The molecule has 0 fully saturated rings. The zero-order valence-corrected chi connectivity index (χ0v) is 10.1. The predicted molar refractivity (Wildman–Crippen MR) is 68.0 cm³/mol. The van der Waals surface area contributed by atoms with Crippen molar-refractivity contribution in [3.8, 4) is 0 Å². The summed E-state index contributed by atoms with van der Waals surface area (Å²) in [4.78, 5) is 15.6. The molecular weight excluding hydrogens is 230 g/mol. The molecular formula is C12H15N5O. The maximum absolute atomic E-state index is 11.6. The van der Waals surface area contributed by atoms with Gasteiger partial charge in [-0.25, -0.2) is 9.78 Å². The molecule has 6 heteroatoms. The lowest BCUT2D eigenvalue weighted by atomic mass is 10.3. The number of rotatable bonds is 4. The standard InChI is InChI=1S/C12H15N5O/c1-2-17-9-10(8-15-17)7-14-12(18)16-11-5-3-4-6-13-11/h3-6,8-9H,2,7H2,1H3,(H2,13,14,16,18). The molecule has 0 unspecified atom stereocenters. The molecule has 2 N–H and O–H groups in total. The largest absolute Gasteiger partial charge is 0.334 e. The van der Waals surface area contributed by atoms with Crippen molar-refractivity contribution in [2.75, 3.05) is 5.32 Å². The van der Waals surface area contributed by atoms with E-state index in [1.54, 1.807) is 24.5 Å². The number of nitrogens with one attached hydrogen (secondary N) is 2. The van der Waals surface area contributed by atoms with E-state index in [4.69, 9.17) is 0 Å². The monoisotopic (exact) mass is 245 g/mol. The lowest BCUT2D eigenvalue weighted by Crippen LogP contribution is -2.28. The van der Waals surface area contributed by atoms with Crippen LogP contribution in [0.2, 0.25) is 0 Å². The number of amides is 2. The minimum absolute atomic E-state index is 0.280. The number of carbonyl (C=O) groups excluding carboxylic acids is 1. The molecule has 2 aromatic heterocycles. The number of nitrogens with zero attached hydrogens (tertiary/aromatic N) is 3. The Labute approximate surface area is 105 Å². The van der Waals surface area contributed by atoms with Gasteiger partial charge in [-0.2, -0.15) is 5.10 Å². The fourth-order valence-corrected chi connectivity index (χ4v) is 1.45. The van der Waals surface area contributed by atoms with E-state index >= 15 is 0 Å². The van der Waals surface area contributed by atoms with Crippen LogP contribution in [-0.2, 0) is 13.1 Å². The van der Waals surface area contributed by atoms with Crippen molar-refractivity contribution < 1.29 is 4.79 Å². The molecule has 0 aromatic carbocycles. The summed E-state index contributed by atoms with van der Waals surface area (Å²) in [5, 5.41) is 9.52. The van der Waals surface area contributed by atoms with Crippen molar-refractivity contribution in [2.24, 2.45) is 0 Å². The summed E-state index contributed by atoms with van der Waals surface area (Å²) in [6, 6.07) is 5.06. The van der Waals surface area contributed by atoms with E-state index < -0.39 is 0 Å². The van der Waals surface area contributed by atoms with Crippen molar-refractivity contribution in [3.63, 3.8) is 0 Å². The van der Waals surface area contributed by atoms with E-state index in [2.05, 4.69) is 20.7 Å². The number of aromatic nitrogens is 3. The number of hydrogen-bond donors (Lipinski definition) is 2. The summed E-state index contributed by atoms with van der Waals surface area (Å²) in [6.45, 7) is 3.27. The van der Waals surface area contributed by atoms with Gasteiger partial charge in [0.1, 0.15) is 5.82 Å². The van der Waals surface area contributed by atoms with Gasteiger partial charge in [-0.1, -0.05) is 6.07 Å². The minimum atomic E-state index is -0.280. The maximum atomic E-state index is 11.6. The molecule has 2 heterocycles. The number of anilines is 1. The first kappa shape index (κ1) is 12.1. The Morgan fingerprint density at radius 1 is 1.44 bits per heavy atom. The molecule has 0 aliphatic carbocycles. The Bertz CT molecular complexity index is 508. The molecule has 0 radical (unpaired) electrons. The van der Waals surface area contributed by atoms with Crippen LogP contribution in [-0.4, -0.2) is 20.8 Å². The molecule has 0 aliphatic heterocycles. The predicted octanol–water partition coefficient (Wildman–Crippen LogP) is 1.62. The van der Waals surface area contributed by atoms with Crippen LogP contribution < -0.4 is 10.6 Å². The fourth-order valence-electron chi connectivity index (χ4n) is 1.45. The van der Waals surface area contributed by atoms with Gasteiger partial charge in [-0.3, -0.25) is 10.00 Å². The molecule has 0 aliphatic rings. The topological polar surface area (TPSA) is 71.8 Å². The first-order valence-corrected chi connectivity index (χ1v) is 5.75. The third kappa shape index (κ3) is 3.31. The summed E-state index contributed by atoms with van der Waals surface area (Å²) < 4.78 is 1.81. The smallest absolute Gasteiger partial charge is 0.320 e. The molecule has 0 atom stereocenters. The SMILES string of the molecule is CCn1cc(CNC(=O)Nc2ccccn2)cn1. The first-order chi connectivity index (χ1) is 8.78. The van der Waals surface area contributed by atoms with Gasteiger partial charge in [-0.15, -0.1) is 0 Å². The molecule has 18 heavy (non-hydrogen) atoms. The van der Waals surface area contributed by atoms with Gasteiger partial charge in [0.15, 0.2) is 0 Å². The second kappa shape index (κ2) is 5.81. The van der Waals surface area contributed by atoms with Gasteiger partial charge in [-0.05, 0) is 19.1 Å². The minimum Gasteiger partial charge on any atom is -0.334 e. The van der Waals surface area contributed by atoms with Crippen LogP contribution in [0.5, 0.6) is 0 Å². The highest BCUT2D eigenvalue weighted by atomic mass is 16.2. The summed E-state index contributed by atoms with van der Waals surface area (Å²) in [7, 11) is 0. The van der Waals surface area contributed by atoms with E-state index in [1.807, 2.05) is 23.9 Å². The van der Waals surface area contributed by atoms with Crippen LogP contribution in [0.25, 0.3) is 0 Å². The van der Waals surface area contributed by atoms with Crippen molar-refractivity contribution in [1.82, 2.24) is 20.1 Å². The quantitative estimate of drug-likeness (QED) is 0.859. The van der Waals surface area contributed by atoms with Gasteiger partial charge in [0.05, 0.1) is 6.20 Å². The van der Waals surface area contributed by atoms with Gasteiger partial charge in [0, 0.05) is 31.0 Å². The Morgan fingerprint density at radius 2 is 2.33 bits per heavy atom. The Kier molecular flexibility index (Phi) is 3.90. The normalized spacial score (nSPS) is 10.1. The average Bonchev–Trinajstić information content (AvgIpc) is 2.85. The number of carbonyl (C=O) groups is 1. The van der Waals surface area contributed by atoms with E-state index in [0.717, 1.165) is 12.1 Å². The highest BCUT2D eigenvalue weighted by Crippen LogP contribution is 2.00. The van der Waals surface area contributed by atoms with Crippen LogP contribution >= 0.6 is 0 Å². The third-order valence-corrected chi connectivity index (χ3v) is 2.37. The number of urea groups is 1. The van der Waals surface area contributed by atoms with Crippen molar-refractivity contribution in [3.05, 3.63) is 42.4 Å². The van der Waals surface area contributed by atoms with Gasteiger partial charge < -0.3 is 5.32 Å². The summed E-state index contributed by atoms with van der Waals surface area (Å²) >= 11 is 0. The fraction of sp³-hybridized carbons (Fsp3) is 0.250. The molecule has 0 bridgehead atoms. The molecule has 6 nitrogen and oxygen atoms in total. The zero-order valence-electron chi connectivity index (χ0n) is 10.1. The number of hydrogen-bond acceptors (Lipinski definition) is 3. The molecule has 2 rings (SSSR count). The van der Waals surface area contributed by atoms with Crippen LogP contribution in [0, 0.1) is 0 Å². The Hall–Kier alpha value is -2.37. The molecule has 2 amide bonds. The van der Waals surface area contributed by atoms with Crippen molar-refractivity contribution in [2.45, 2.75) is 20.0 Å². The highest BCUT2D eigenvalue weighted by Gasteiger charge is 2.03. The lowest BCUT2D eigenvalue weighted by Gasteiger charge is -2.05.